The first-order valence-corrected chi connectivity index (χ1v) is 16.3. The van der Waals surface area contributed by atoms with E-state index in [9.17, 15) is 47.4 Å². The number of carboxylic acids is 1. The fourth-order valence-electron chi connectivity index (χ4n) is 4.58. The average molecular weight is 722 g/mol. The zero-order chi connectivity index (χ0) is 36.0. The Hall–Kier alpha value is -5.91. The number of nitrogen functional groups attached to an aromatic ring is 1. The Labute approximate surface area is 278 Å². The number of carbonyl (C=O) groups excluding carboxylic acids is 4. The topological polar surface area (TPSA) is 315 Å². The molecule has 2 aliphatic heterocycles. The molecule has 0 spiro atoms. The van der Waals surface area contributed by atoms with Crippen LogP contribution in [0.3, 0.4) is 0 Å². The van der Waals surface area contributed by atoms with E-state index in [1.54, 1.807) is 4.72 Å². The molecule has 5 amide bonds. The molecule has 0 bridgehead atoms. The number of nitrogens with one attached hydrogen (secondary N) is 3. The third-order valence-corrected chi connectivity index (χ3v) is 9.42. The Morgan fingerprint density at radius 2 is 1.96 bits per heavy atom. The Balaban J connectivity index is 1.23. The van der Waals surface area contributed by atoms with Crippen molar-refractivity contribution in [3.05, 3.63) is 39.8 Å². The quantitative estimate of drug-likeness (QED) is 0.0757. The summed E-state index contributed by atoms with van der Waals surface area (Å²) in [5, 5.41) is 33.9. The van der Waals surface area contributed by atoms with Crippen molar-refractivity contribution in [2.24, 2.45) is 5.16 Å². The third-order valence-electron chi connectivity index (χ3n) is 7.38. The number of β-lactam (4-membered cyclic amide) rings is 1. The largest absolute Gasteiger partial charge is 0.503 e. The number of hydrogen-bond donors (Lipinski definition) is 6. The minimum absolute atomic E-state index is 0.0469. The maximum atomic E-state index is 13.1. The van der Waals surface area contributed by atoms with Crippen molar-refractivity contribution >= 4 is 62.1 Å². The van der Waals surface area contributed by atoms with Crippen LogP contribution in [0.5, 0.6) is 5.75 Å². The van der Waals surface area contributed by atoms with Crippen LogP contribution < -0.4 is 21.2 Å². The number of likely N-dealkylation sites (tertiary alicyclic amines) is 1. The molecule has 0 unspecified atom stereocenters. The number of hydrogen-bond acceptors (Lipinski definition) is 16. The second-order valence-electron chi connectivity index (χ2n) is 11.2. The molecule has 2 saturated heterocycles. The van der Waals surface area contributed by atoms with Crippen LogP contribution in [0.4, 0.5) is 9.93 Å². The lowest BCUT2D eigenvalue weighted by Gasteiger charge is -2.43. The number of thiazole rings is 1. The van der Waals surface area contributed by atoms with Crippen molar-refractivity contribution in [3.63, 3.8) is 0 Å². The lowest BCUT2D eigenvalue weighted by Crippen LogP contribution is -2.73. The number of aromatic nitrogens is 5. The van der Waals surface area contributed by atoms with Crippen LogP contribution in [-0.2, 0) is 34.2 Å². The van der Waals surface area contributed by atoms with Gasteiger partial charge in [-0.15, -0.1) is 16.4 Å². The average Bonchev–Trinajstić information content (AvgIpc) is 3.77. The first kappa shape index (κ1) is 34.4. The number of anilines is 1. The van der Waals surface area contributed by atoms with Gasteiger partial charge < -0.3 is 31.1 Å². The fraction of sp³-hybridized carbons (Fsp3) is 0.360. The van der Waals surface area contributed by atoms with Gasteiger partial charge in [0.15, 0.2) is 16.6 Å². The number of rotatable bonds is 10. The molecule has 0 aliphatic carbocycles. The summed E-state index contributed by atoms with van der Waals surface area (Å²) in [6, 6.07) is -3.61. The molecule has 0 saturated carbocycles. The summed E-state index contributed by atoms with van der Waals surface area (Å²) in [4.78, 5) is 86.9. The highest BCUT2D eigenvalue weighted by atomic mass is 32.2. The molecule has 3 atom stereocenters. The predicted octanol–water partition coefficient (Wildman–Crippen LogP) is -1.89. The van der Waals surface area contributed by atoms with Crippen molar-refractivity contribution in [1.29, 1.82) is 0 Å². The lowest BCUT2D eigenvalue weighted by atomic mass is 9.97. The Kier molecular flexibility index (Phi) is 8.85. The molecule has 7 N–H and O–H groups in total. The molecule has 2 fully saturated rings. The highest BCUT2D eigenvalue weighted by Gasteiger charge is 2.51. The fourth-order valence-corrected chi connectivity index (χ4v) is 6.26. The molecule has 5 rings (SSSR count). The van der Waals surface area contributed by atoms with Crippen molar-refractivity contribution in [3.8, 4) is 17.1 Å². The number of aromatic amines is 1. The standard InChI is InChI=1S/C25H27N11O11S2/c1-10-18(29-20(40)19(14-9-48-23(26)28-14)31-47-25(2,3)22(42)43)21(41)36(10)24(44)32-49(45,46)35-7-11(4-17(35)39)34-8-13(30-33-34)12-5-15(37)16(38)6-27-12/h5-6,8-11,18,38H,4,7H2,1-3H3,(H2,26,28)(H,27,37)(H,29,40)(H,32,44)(H,42,43)/b31-19-/t10-,11-,18-/m0/s1. The van der Waals surface area contributed by atoms with Gasteiger partial charge in [-0.1, -0.05) is 10.4 Å². The van der Waals surface area contributed by atoms with E-state index in [2.05, 4.69) is 30.8 Å². The van der Waals surface area contributed by atoms with Gasteiger partial charge in [-0.25, -0.2) is 28.3 Å². The number of carbonyl (C=O) groups is 5. The Morgan fingerprint density at radius 3 is 2.57 bits per heavy atom. The van der Waals surface area contributed by atoms with Crippen LogP contribution in [0.1, 0.15) is 38.9 Å². The van der Waals surface area contributed by atoms with Crippen molar-refractivity contribution in [2.75, 3.05) is 12.3 Å². The van der Waals surface area contributed by atoms with E-state index in [-0.39, 0.29) is 28.6 Å². The van der Waals surface area contributed by atoms with Crippen LogP contribution in [0.25, 0.3) is 11.4 Å². The second-order valence-corrected chi connectivity index (χ2v) is 13.7. The molecule has 24 heteroatoms. The molecular weight excluding hydrogens is 694 g/mol. The van der Waals surface area contributed by atoms with Crippen LogP contribution >= 0.6 is 11.3 Å². The molecule has 0 aromatic carbocycles. The van der Waals surface area contributed by atoms with Gasteiger partial charge in [0.05, 0.1) is 36.9 Å². The number of urea groups is 1. The highest BCUT2D eigenvalue weighted by Crippen LogP contribution is 2.27. The summed E-state index contributed by atoms with van der Waals surface area (Å²) < 4.78 is 29.4. The van der Waals surface area contributed by atoms with Gasteiger partial charge in [-0.3, -0.25) is 24.1 Å². The summed E-state index contributed by atoms with van der Waals surface area (Å²) >= 11 is 0.943. The first-order valence-electron chi connectivity index (χ1n) is 14.0. The number of aliphatic carboxylic acids is 1. The zero-order valence-corrected chi connectivity index (χ0v) is 27.2. The predicted molar refractivity (Wildman–Crippen MR) is 165 cm³/mol. The van der Waals surface area contributed by atoms with E-state index >= 15 is 0 Å². The molecule has 0 radical (unpaired) electrons. The SMILES string of the molecule is C[C@H]1[C@H](NC(=O)/C(=N\OC(C)(C)C(=O)O)c2csc(N)n2)C(=O)N1C(=O)NS(=O)(=O)N1C[C@@H](n2cc(-c3cc(=O)c(O)c[nH]3)nn2)CC1=O. The lowest BCUT2D eigenvalue weighted by molar-refractivity contribution is -0.161. The van der Waals surface area contributed by atoms with E-state index < -0.39 is 87.1 Å². The number of nitrogens with two attached hydrogens (primary N) is 1. The van der Waals surface area contributed by atoms with Crippen LogP contribution in [0.2, 0.25) is 0 Å². The molecule has 3 aromatic rings. The smallest absolute Gasteiger partial charge is 0.350 e. The number of aromatic hydroxyl groups is 1. The monoisotopic (exact) mass is 721 g/mol. The molecule has 260 valence electrons. The molecule has 49 heavy (non-hydrogen) atoms. The number of imide groups is 1. The number of amides is 5. The maximum Gasteiger partial charge on any atom is 0.350 e. The Morgan fingerprint density at radius 1 is 1.24 bits per heavy atom. The van der Waals surface area contributed by atoms with E-state index in [4.69, 9.17) is 10.6 Å². The number of oxime groups is 1. The normalized spacial score (nSPS) is 19.8. The summed E-state index contributed by atoms with van der Waals surface area (Å²) in [5.74, 6) is -4.84. The van der Waals surface area contributed by atoms with Gasteiger partial charge in [0.2, 0.25) is 16.9 Å². The molecule has 3 aromatic heterocycles. The summed E-state index contributed by atoms with van der Waals surface area (Å²) in [5.41, 5.74) is 2.86. The van der Waals surface area contributed by atoms with Crippen molar-refractivity contribution in [2.45, 2.75) is 50.9 Å². The molecule has 2 aliphatic rings. The van der Waals surface area contributed by atoms with Crippen molar-refractivity contribution < 1.29 is 47.4 Å². The van der Waals surface area contributed by atoms with Gasteiger partial charge in [0.25, 0.3) is 11.8 Å². The van der Waals surface area contributed by atoms with Gasteiger partial charge in [-0.2, -0.15) is 8.42 Å². The van der Waals surface area contributed by atoms with Crippen LogP contribution in [0.15, 0.2) is 33.8 Å². The van der Waals surface area contributed by atoms with Gasteiger partial charge in [0, 0.05) is 17.6 Å². The van der Waals surface area contributed by atoms with E-state index in [0.717, 1.165) is 23.6 Å². The van der Waals surface area contributed by atoms with E-state index in [1.807, 2.05) is 0 Å². The number of pyridine rings is 1. The number of H-pyrrole nitrogens is 1. The minimum Gasteiger partial charge on any atom is -0.503 e. The minimum atomic E-state index is -4.83. The summed E-state index contributed by atoms with van der Waals surface area (Å²) in [7, 11) is -4.83. The van der Waals surface area contributed by atoms with Crippen molar-refractivity contribution in [1.82, 2.24) is 44.2 Å². The van der Waals surface area contributed by atoms with Gasteiger partial charge >= 0.3 is 22.2 Å². The van der Waals surface area contributed by atoms with Crippen LogP contribution in [-0.4, -0.2) is 112 Å². The van der Waals surface area contributed by atoms with E-state index in [0.29, 0.717) is 9.21 Å². The molecule has 5 heterocycles. The number of nitrogens with zero attached hydrogens (tertiary/aromatic N) is 7. The summed E-state index contributed by atoms with van der Waals surface area (Å²) in [6.07, 6.45) is 2.06. The highest BCUT2D eigenvalue weighted by molar-refractivity contribution is 7.88. The second kappa shape index (κ2) is 12.6. The summed E-state index contributed by atoms with van der Waals surface area (Å²) in [6.45, 7) is 3.23. The maximum absolute atomic E-state index is 13.1. The van der Waals surface area contributed by atoms with Crippen LogP contribution in [0, 0.1) is 0 Å². The first-order chi connectivity index (χ1) is 22.9. The zero-order valence-electron chi connectivity index (χ0n) is 25.5. The third kappa shape index (κ3) is 6.75. The molecular formula is C25H27N11O11S2. The number of carboxylic acid groups (broad SMARTS) is 1. The Bertz CT molecular complexity index is 2070. The molecule has 22 nitrogen and oxygen atoms in total. The van der Waals surface area contributed by atoms with E-state index in [1.165, 1.54) is 37.0 Å². The van der Waals surface area contributed by atoms with Gasteiger partial charge in [-0.05, 0) is 20.8 Å². The van der Waals surface area contributed by atoms with Gasteiger partial charge in [0.1, 0.15) is 17.4 Å².